The second-order valence-electron chi connectivity index (χ2n) is 4.31. The van der Waals surface area contributed by atoms with Crippen molar-refractivity contribution in [3.05, 3.63) is 71.0 Å². The molecule has 0 radical (unpaired) electrons. The lowest BCUT2D eigenvalue weighted by molar-refractivity contribution is 0.0252. The number of rotatable bonds is 1. The van der Waals surface area contributed by atoms with E-state index in [1.54, 1.807) is 18.2 Å². The lowest BCUT2D eigenvalue weighted by Gasteiger charge is -2.24. The van der Waals surface area contributed by atoms with E-state index in [4.69, 9.17) is 4.74 Å². The molecule has 3 rings (SSSR count). The van der Waals surface area contributed by atoms with Crippen LogP contribution in [0.15, 0.2) is 48.5 Å². The van der Waals surface area contributed by atoms with Crippen molar-refractivity contribution in [2.24, 2.45) is 0 Å². The normalized spacial score (nSPS) is 18.1. The number of hydrogen-bond donors (Lipinski definition) is 0. The molecule has 90 valence electrons. The molecule has 2 aromatic carbocycles. The zero-order chi connectivity index (χ0) is 12.5. The van der Waals surface area contributed by atoms with Crippen molar-refractivity contribution in [1.29, 1.82) is 0 Å². The Balaban J connectivity index is 1.97. The summed E-state index contributed by atoms with van der Waals surface area (Å²) >= 11 is 0. The van der Waals surface area contributed by atoms with E-state index in [1.807, 2.05) is 18.2 Å². The first kappa shape index (κ1) is 11.0. The first-order valence-corrected chi connectivity index (χ1v) is 5.78. The Labute approximate surface area is 104 Å². The van der Waals surface area contributed by atoms with Gasteiger partial charge in [-0.15, -0.1) is 0 Å². The number of fused-ring (bicyclic) bond motifs is 1. The van der Waals surface area contributed by atoms with Crippen molar-refractivity contribution in [3.63, 3.8) is 0 Å². The highest BCUT2D eigenvalue weighted by molar-refractivity contribution is 5.92. The Morgan fingerprint density at radius 3 is 2.78 bits per heavy atom. The van der Waals surface area contributed by atoms with Crippen LogP contribution in [0.3, 0.4) is 0 Å². The van der Waals surface area contributed by atoms with Gasteiger partial charge in [-0.25, -0.2) is 9.18 Å². The summed E-state index contributed by atoms with van der Waals surface area (Å²) in [5.41, 5.74) is 2.24. The van der Waals surface area contributed by atoms with Gasteiger partial charge in [0.25, 0.3) is 0 Å². The van der Waals surface area contributed by atoms with Crippen molar-refractivity contribution in [2.45, 2.75) is 12.5 Å². The van der Waals surface area contributed by atoms with Gasteiger partial charge >= 0.3 is 5.97 Å². The minimum atomic E-state index is -0.400. The van der Waals surface area contributed by atoms with Crippen molar-refractivity contribution < 1.29 is 13.9 Å². The van der Waals surface area contributed by atoms with Crippen molar-refractivity contribution in [2.75, 3.05) is 0 Å². The van der Waals surface area contributed by atoms with Crippen LogP contribution in [-0.4, -0.2) is 5.97 Å². The molecule has 2 nitrogen and oxygen atoms in total. The average molecular weight is 242 g/mol. The fourth-order valence-corrected chi connectivity index (χ4v) is 2.22. The van der Waals surface area contributed by atoms with Gasteiger partial charge in [0.1, 0.15) is 11.9 Å². The zero-order valence-corrected chi connectivity index (χ0v) is 9.60. The van der Waals surface area contributed by atoms with Crippen LogP contribution in [0, 0.1) is 5.82 Å². The minimum Gasteiger partial charge on any atom is -0.454 e. The van der Waals surface area contributed by atoms with Crippen LogP contribution >= 0.6 is 0 Å². The summed E-state index contributed by atoms with van der Waals surface area (Å²) in [7, 11) is 0. The van der Waals surface area contributed by atoms with Crippen LogP contribution in [0.25, 0.3) is 0 Å². The minimum absolute atomic E-state index is 0.317. The van der Waals surface area contributed by atoms with Gasteiger partial charge in [0.15, 0.2) is 0 Å². The number of carbonyl (C=O) groups excluding carboxylic acids is 1. The van der Waals surface area contributed by atoms with E-state index >= 15 is 0 Å². The highest BCUT2D eigenvalue weighted by atomic mass is 19.1. The van der Waals surface area contributed by atoms with E-state index in [0.29, 0.717) is 17.5 Å². The smallest absolute Gasteiger partial charge is 0.339 e. The van der Waals surface area contributed by atoms with E-state index in [2.05, 4.69) is 0 Å². The molecule has 1 aliphatic heterocycles. The molecule has 1 heterocycles. The van der Waals surface area contributed by atoms with Gasteiger partial charge in [-0.2, -0.15) is 0 Å². The molecule has 0 saturated carbocycles. The number of cyclic esters (lactones) is 1. The molecule has 0 aliphatic carbocycles. The van der Waals surface area contributed by atoms with Crippen LogP contribution in [0.2, 0.25) is 0 Å². The molecule has 0 amide bonds. The van der Waals surface area contributed by atoms with Crippen molar-refractivity contribution in [1.82, 2.24) is 0 Å². The lowest BCUT2D eigenvalue weighted by atomic mass is 9.95. The molecule has 0 fully saturated rings. The molecule has 1 unspecified atom stereocenters. The lowest BCUT2D eigenvalue weighted by Crippen LogP contribution is -2.21. The summed E-state index contributed by atoms with van der Waals surface area (Å²) in [4.78, 5) is 11.8. The Hall–Kier alpha value is -2.16. The van der Waals surface area contributed by atoms with Gasteiger partial charge in [0.2, 0.25) is 0 Å². The molecule has 1 atom stereocenters. The van der Waals surface area contributed by atoms with Crippen LogP contribution in [0.5, 0.6) is 0 Å². The molecule has 1 aliphatic rings. The van der Waals surface area contributed by atoms with Gasteiger partial charge in [0, 0.05) is 6.42 Å². The summed E-state index contributed by atoms with van der Waals surface area (Å²) < 4.78 is 18.5. The molecule has 0 bridgehead atoms. The largest absolute Gasteiger partial charge is 0.454 e. The summed E-state index contributed by atoms with van der Waals surface area (Å²) in [6.07, 6.45) is 0.189. The molecule has 3 heteroatoms. The van der Waals surface area contributed by atoms with Crippen LogP contribution in [0.4, 0.5) is 4.39 Å². The number of carbonyl (C=O) groups is 1. The second kappa shape index (κ2) is 4.26. The van der Waals surface area contributed by atoms with E-state index in [0.717, 1.165) is 5.56 Å². The number of halogens is 1. The highest BCUT2D eigenvalue weighted by Gasteiger charge is 2.27. The van der Waals surface area contributed by atoms with Gasteiger partial charge in [-0.05, 0) is 29.3 Å². The van der Waals surface area contributed by atoms with Crippen LogP contribution < -0.4 is 0 Å². The predicted molar refractivity (Wildman–Crippen MR) is 64.7 cm³/mol. The average Bonchev–Trinajstić information content (AvgIpc) is 2.39. The maximum absolute atomic E-state index is 13.2. The van der Waals surface area contributed by atoms with Crippen molar-refractivity contribution in [3.8, 4) is 0 Å². The maximum atomic E-state index is 13.2. The van der Waals surface area contributed by atoms with Crippen LogP contribution in [-0.2, 0) is 11.2 Å². The Kier molecular flexibility index (Phi) is 2.59. The van der Waals surface area contributed by atoms with Crippen LogP contribution in [0.1, 0.15) is 27.6 Å². The number of esters is 1. The highest BCUT2D eigenvalue weighted by Crippen LogP contribution is 2.30. The third kappa shape index (κ3) is 1.88. The monoisotopic (exact) mass is 242 g/mol. The third-order valence-electron chi connectivity index (χ3n) is 3.11. The maximum Gasteiger partial charge on any atom is 0.339 e. The summed E-state index contributed by atoms with van der Waals surface area (Å²) in [6.45, 7) is 0. The molecule has 0 saturated heterocycles. The third-order valence-corrected chi connectivity index (χ3v) is 3.11. The van der Waals surface area contributed by atoms with Gasteiger partial charge < -0.3 is 4.74 Å². The molecular formula is C15H11FO2. The molecule has 18 heavy (non-hydrogen) atoms. The molecule has 0 aromatic heterocycles. The fourth-order valence-electron chi connectivity index (χ4n) is 2.22. The number of ether oxygens (including phenoxy) is 1. The fraction of sp³-hybridized carbons (Fsp3) is 0.133. The summed E-state index contributed by atoms with van der Waals surface area (Å²) in [5.74, 6) is -0.659. The van der Waals surface area contributed by atoms with Gasteiger partial charge in [-0.1, -0.05) is 30.3 Å². The second-order valence-corrected chi connectivity index (χ2v) is 4.31. The number of hydrogen-bond acceptors (Lipinski definition) is 2. The predicted octanol–water partition coefficient (Wildman–Crippen LogP) is 3.28. The Morgan fingerprint density at radius 1 is 1.11 bits per heavy atom. The zero-order valence-electron chi connectivity index (χ0n) is 9.60. The molecule has 0 N–H and O–H groups in total. The first-order valence-electron chi connectivity index (χ1n) is 5.78. The Morgan fingerprint density at radius 2 is 1.94 bits per heavy atom. The summed E-state index contributed by atoms with van der Waals surface area (Å²) in [5, 5.41) is 0. The number of benzene rings is 2. The van der Waals surface area contributed by atoms with E-state index < -0.39 is 6.10 Å². The Bertz CT molecular complexity index is 607. The van der Waals surface area contributed by atoms with E-state index in [9.17, 15) is 9.18 Å². The van der Waals surface area contributed by atoms with Gasteiger partial charge in [0.05, 0.1) is 5.56 Å². The molecular weight excluding hydrogens is 231 g/mol. The topological polar surface area (TPSA) is 26.3 Å². The van der Waals surface area contributed by atoms with E-state index in [-0.39, 0.29) is 11.8 Å². The van der Waals surface area contributed by atoms with Crippen molar-refractivity contribution >= 4 is 5.97 Å². The SMILES string of the molecule is O=C1OC(c2cccc(F)c2)Cc2ccccc21. The quantitative estimate of drug-likeness (QED) is 0.717. The molecule has 2 aromatic rings. The summed E-state index contributed by atoms with van der Waals surface area (Å²) in [6, 6.07) is 13.5. The standard InChI is InChI=1S/C15H11FO2/c16-12-6-3-5-11(8-12)14-9-10-4-1-2-7-13(10)15(17)18-14/h1-8,14H,9H2. The molecule has 0 spiro atoms. The first-order chi connectivity index (χ1) is 8.74. The van der Waals surface area contributed by atoms with Gasteiger partial charge in [-0.3, -0.25) is 0 Å². The van der Waals surface area contributed by atoms with E-state index in [1.165, 1.54) is 12.1 Å².